The molecule has 5 nitrogen and oxygen atoms in total. The third kappa shape index (κ3) is 0.854. The molecule has 0 saturated heterocycles. The average Bonchev–Trinajstić information content (AvgIpc) is 2.64. The van der Waals surface area contributed by atoms with Gasteiger partial charge in [0.2, 0.25) is 0 Å². The summed E-state index contributed by atoms with van der Waals surface area (Å²) in [6, 6.07) is 0. The molecule has 2 fully saturated rings. The Bertz CT molecular complexity index is 411. The van der Waals surface area contributed by atoms with Crippen molar-refractivity contribution in [2.75, 3.05) is 0 Å². The third-order valence-electron chi connectivity index (χ3n) is 4.60. The summed E-state index contributed by atoms with van der Waals surface area (Å²) in [5, 5.41) is 18.5. The van der Waals surface area contributed by atoms with Crippen LogP contribution in [0.25, 0.3) is 0 Å². The lowest BCUT2D eigenvalue weighted by Crippen LogP contribution is -2.47. The fourth-order valence-corrected chi connectivity index (χ4v) is 3.39. The molecule has 2 saturated carbocycles. The van der Waals surface area contributed by atoms with Gasteiger partial charge in [0.05, 0.1) is 5.41 Å². The van der Waals surface area contributed by atoms with Crippen LogP contribution in [0.15, 0.2) is 0 Å². The SMILES string of the molecule is CC1(C)C(=O)[C@@]2(C(=O)O)CC[C@@]1(C(=O)O)C2. The number of fused-ring (bicyclic) bond motifs is 2. The number of Topliss-reactive ketones (excluding diaryl/α,β-unsaturated/α-hetero) is 1. The first-order valence-electron chi connectivity index (χ1n) is 5.22. The molecule has 0 heterocycles. The number of hydrogen-bond acceptors (Lipinski definition) is 3. The Morgan fingerprint density at radius 1 is 1.12 bits per heavy atom. The number of carboxylic acids is 2. The van der Waals surface area contributed by atoms with Crippen LogP contribution < -0.4 is 0 Å². The summed E-state index contributed by atoms with van der Waals surface area (Å²) >= 11 is 0. The standard InChI is InChI=1S/C11H14O5/c1-9(2)6(12)10(7(13)14)3-4-11(9,5-10)8(15)16/h3-5H2,1-2H3,(H,13,14)(H,15,16)/t10-,11+/m1/s1. The summed E-state index contributed by atoms with van der Waals surface area (Å²) in [5.41, 5.74) is -3.74. The second kappa shape index (κ2) is 2.64. The van der Waals surface area contributed by atoms with E-state index in [1.54, 1.807) is 13.8 Å². The highest BCUT2D eigenvalue weighted by molar-refractivity contribution is 6.12. The van der Waals surface area contributed by atoms with Crippen molar-refractivity contribution in [3.05, 3.63) is 0 Å². The van der Waals surface area contributed by atoms with Gasteiger partial charge in [0.25, 0.3) is 0 Å². The molecule has 0 unspecified atom stereocenters. The summed E-state index contributed by atoms with van der Waals surface area (Å²) in [7, 11) is 0. The minimum atomic E-state index is -1.46. The number of hydrogen-bond donors (Lipinski definition) is 2. The molecule has 0 aromatic heterocycles. The number of carbonyl (C=O) groups is 3. The lowest BCUT2D eigenvalue weighted by atomic mass is 9.63. The van der Waals surface area contributed by atoms with E-state index in [2.05, 4.69) is 0 Å². The van der Waals surface area contributed by atoms with Crippen molar-refractivity contribution >= 4 is 17.7 Å². The molecule has 2 N–H and O–H groups in total. The Morgan fingerprint density at radius 3 is 2.00 bits per heavy atom. The molecule has 2 atom stereocenters. The van der Waals surface area contributed by atoms with Crippen LogP contribution in [0.3, 0.4) is 0 Å². The number of rotatable bonds is 2. The predicted octanol–water partition coefficient (Wildman–Crippen LogP) is 0.921. The van der Waals surface area contributed by atoms with Crippen molar-refractivity contribution in [2.24, 2.45) is 16.2 Å². The first-order chi connectivity index (χ1) is 7.21. The maximum Gasteiger partial charge on any atom is 0.317 e. The van der Waals surface area contributed by atoms with Crippen LogP contribution in [0.2, 0.25) is 0 Å². The fraction of sp³-hybridized carbons (Fsp3) is 0.727. The second-order valence-electron chi connectivity index (χ2n) is 5.41. The highest BCUT2D eigenvalue weighted by Gasteiger charge is 2.75. The first-order valence-corrected chi connectivity index (χ1v) is 5.22. The highest BCUT2D eigenvalue weighted by atomic mass is 16.4. The Hall–Kier alpha value is -1.39. The molecule has 0 spiro atoms. The maximum absolute atomic E-state index is 12.1. The van der Waals surface area contributed by atoms with Crippen LogP contribution in [0.1, 0.15) is 33.1 Å². The molecule has 2 aliphatic carbocycles. The van der Waals surface area contributed by atoms with Gasteiger partial charge in [-0.25, -0.2) is 0 Å². The molecule has 0 amide bonds. The van der Waals surface area contributed by atoms with Gasteiger partial charge in [0, 0.05) is 5.41 Å². The maximum atomic E-state index is 12.1. The van der Waals surface area contributed by atoms with Gasteiger partial charge in [0.1, 0.15) is 5.41 Å². The smallest absolute Gasteiger partial charge is 0.317 e. The largest absolute Gasteiger partial charge is 0.481 e. The van der Waals surface area contributed by atoms with Gasteiger partial charge in [-0.3, -0.25) is 14.4 Å². The topological polar surface area (TPSA) is 91.7 Å². The van der Waals surface area contributed by atoms with Crippen LogP contribution >= 0.6 is 0 Å². The molecule has 0 radical (unpaired) electrons. The molecular formula is C11H14O5. The van der Waals surface area contributed by atoms with Gasteiger partial charge in [-0.2, -0.15) is 0 Å². The monoisotopic (exact) mass is 226 g/mol. The summed E-state index contributed by atoms with van der Waals surface area (Å²) < 4.78 is 0. The van der Waals surface area contributed by atoms with Gasteiger partial charge in [0.15, 0.2) is 5.78 Å². The third-order valence-corrected chi connectivity index (χ3v) is 4.60. The van der Waals surface area contributed by atoms with Gasteiger partial charge in [-0.15, -0.1) is 0 Å². The molecule has 0 aromatic carbocycles. The highest BCUT2D eigenvalue weighted by Crippen LogP contribution is 2.67. The van der Waals surface area contributed by atoms with Crippen LogP contribution in [0.4, 0.5) is 0 Å². The molecule has 2 rings (SSSR count). The second-order valence-corrected chi connectivity index (χ2v) is 5.41. The Kier molecular flexibility index (Phi) is 1.84. The number of aliphatic carboxylic acids is 2. The Morgan fingerprint density at radius 2 is 1.69 bits per heavy atom. The van der Waals surface area contributed by atoms with E-state index in [1.807, 2.05) is 0 Å². The van der Waals surface area contributed by atoms with Gasteiger partial charge in [-0.05, 0) is 19.3 Å². The van der Waals surface area contributed by atoms with Gasteiger partial charge < -0.3 is 10.2 Å². The summed E-state index contributed by atoms with van der Waals surface area (Å²) in [5.74, 6) is -2.65. The van der Waals surface area contributed by atoms with E-state index >= 15 is 0 Å². The normalized spacial score (nSPS) is 40.0. The van der Waals surface area contributed by atoms with E-state index in [1.165, 1.54) is 0 Å². The van der Waals surface area contributed by atoms with E-state index in [0.717, 1.165) is 0 Å². The van der Waals surface area contributed by atoms with Crippen LogP contribution in [-0.2, 0) is 14.4 Å². The molecule has 5 heteroatoms. The molecule has 0 aliphatic heterocycles. The van der Waals surface area contributed by atoms with Crippen LogP contribution in [-0.4, -0.2) is 27.9 Å². The first kappa shape index (κ1) is 11.1. The minimum Gasteiger partial charge on any atom is -0.481 e. The van der Waals surface area contributed by atoms with E-state index in [0.29, 0.717) is 0 Å². The average molecular weight is 226 g/mol. The Labute approximate surface area is 92.5 Å². The van der Waals surface area contributed by atoms with Crippen molar-refractivity contribution in [1.82, 2.24) is 0 Å². The molecule has 2 bridgehead atoms. The molecule has 88 valence electrons. The van der Waals surface area contributed by atoms with Crippen molar-refractivity contribution in [2.45, 2.75) is 33.1 Å². The lowest BCUT2D eigenvalue weighted by molar-refractivity contribution is -0.162. The van der Waals surface area contributed by atoms with Crippen molar-refractivity contribution in [3.8, 4) is 0 Å². The van der Waals surface area contributed by atoms with E-state index in [4.69, 9.17) is 0 Å². The number of ketones is 1. The molecular weight excluding hydrogens is 212 g/mol. The Balaban J connectivity index is 2.61. The zero-order chi connectivity index (χ0) is 12.4. The van der Waals surface area contributed by atoms with E-state index in [-0.39, 0.29) is 19.3 Å². The van der Waals surface area contributed by atoms with Crippen molar-refractivity contribution in [3.63, 3.8) is 0 Å². The van der Waals surface area contributed by atoms with Crippen LogP contribution in [0, 0.1) is 16.2 Å². The molecule has 0 aromatic rings. The van der Waals surface area contributed by atoms with E-state index in [9.17, 15) is 24.6 Å². The zero-order valence-corrected chi connectivity index (χ0v) is 9.24. The quantitative estimate of drug-likeness (QED) is 0.683. The minimum absolute atomic E-state index is 0.0590. The van der Waals surface area contributed by atoms with E-state index < -0.39 is 34.0 Å². The van der Waals surface area contributed by atoms with Gasteiger partial charge in [-0.1, -0.05) is 13.8 Å². The predicted molar refractivity (Wildman–Crippen MR) is 52.8 cm³/mol. The summed E-state index contributed by atoms with van der Waals surface area (Å²) in [6.45, 7) is 3.10. The molecule has 2 aliphatic rings. The summed E-state index contributed by atoms with van der Waals surface area (Å²) in [4.78, 5) is 34.7. The zero-order valence-electron chi connectivity index (χ0n) is 9.24. The van der Waals surface area contributed by atoms with Gasteiger partial charge >= 0.3 is 11.9 Å². The molecule has 16 heavy (non-hydrogen) atoms. The van der Waals surface area contributed by atoms with Crippen LogP contribution in [0.5, 0.6) is 0 Å². The summed E-state index contributed by atoms with van der Waals surface area (Å²) in [6.07, 6.45) is 0.362. The number of carboxylic acid groups (broad SMARTS) is 2. The lowest BCUT2D eigenvalue weighted by Gasteiger charge is -2.37. The van der Waals surface area contributed by atoms with Crippen molar-refractivity contribution in [1.29, 1.82) is 0 Å². The number of carbonyl (C=O) groups excluding carboxylic acids is 1. The fourth-order valence-electron chi connectivity index (χ4n) is 3.39. The van der Waals surface area contributed by atoms with Crippen molar-refractivity contribution < 1.29 is 24.6 Å².